The molecule has 1 aromatic carbocycles. The minimum Gasteiger partial charge on any atom is -0.360 e. The number of carbonyl (C=O) groups excluding carboxylic acids is 1. The standard InChI is InChI=1S/C16H18N4OS2/c1-4-17-15-19-20-16(23-15)22-10(3)14(21)13-9(2)18-12-8-6-5-7-11(12)13/h5-8,10,18H,4H2,1-3H3,(H,17,19)/t10-/m0/s1. The summed E-state index contributed by atoms with van der Waals surface area (Å²) in [5, 5.41) is 12.9. The van der Waals surface area contributed by atoms with Crippen molar-refractivity contribution in [3.05, 3.63) is 35.5 Å². The minimum absolute atomic E-state index is 0.116. The maximum Gasteiger partial charge on any atom is 0.206 e. The number of H-pyrrole nitrogens is 1. The van der Waals surface area contributed by atoms with Crippen molar-refractivity contribution in [1.29, 1.82) is 0 Å². The molecule has 0 radical (unpaired) electrons. The third-order valence-corrected chi connectivity index (χ3v) is 5.59. The third-order valence-electron chi connectivity index (χ3n) is 3.52. The molecule has 2 heterocycles. The van der Waals surface area contributed by atoms with Gasteiger partial charge in [0.2, 0.25) is 5.13 Å². The lowest BCUT2D eigenvalue weighted by atomic mass is 10.1. The van der Waals surface area contributed by atoms with Gasteiger partial charge in [0.05, 0.1) is 5.25 Å². The first-order valence-corrected chi connectivity index (χ1v) is 9.15. The molecule has 0 unspecified atom stereocenters. The molecule has 2 N–H and O–H groups in total. The molecular formula is C16H18N4OS2. The number of fused-ring (bicyclic) bond motifs is 1. The lowest BCUT2D eigenvalue weighted by molar-refractivity contribution is 0.0995. The summed E-state index contributed by atoms with van der Waals surface area (Å²) in [6.45, 7) is 6.68. The van der Waals surface area contributed by atoms with E-state index in [1.165, 1.54) is 23.1 Å². The number of para-hydroxylation sites is 1. The largest absolute Gasteiger partial charge is 0.360 e. The summed E-state index contributed by atoms with van der Waals surface area (Å²) in [5.41, 5.74) is 2.68. The molecule has 1 atom stereocenters. The van der Waals surface area contributed by atoms with Crippen LogP contribution in [0.1, 0.15) is 29.9 Å². The normalized spacial score (nSPS) is 12.5. The van der Waals surface area contributed by atoms with Gasteiger partial charge in [0.25, 0.3) is 0 Å². The van der Waals surface area contributed by atoms with E-state index in [9.17, 15) is 4.79 Å². The summed E-state index contributed by atoms with van der Waals surface area (Å²) in [6.07, 6.45) is 0. The lowest BCUT2D eigenvalue weighted by Gasteiger charge is -2.08. The van der Waals surface area contributed by atoms with Crippen LogP contribution in [0.2, 0.25) is 0 Å². The van der Waals surface area contributed by atoms with E-state index in [0.717, 1.165) is 38.2 Å². The van der Waals surface area contributed by atoms with Gasteiger partial charge in [0, 0.05) is 28.7 Å². The van der Waals surface area contributed by atoms with Crippen LogP contribution in [0.3, 0.4) is 0 Å². The second kappa shape index (κ2) is 6.72. The Morgan fingerprint density at radius 3 is 2.96 bits per heavy atom. The second-order valence-electron chi connectivity index (χ2n) is 5.20. The predicted octanol–water partition coefficient (Wildman–Crippen LogP) is 4.12. The molecule has 0 spiro atoms. The molecule has 0 amide bonds. The monoisotopic (exact) mass is 346 g/mol. The van der Waals surface area contributed by atoms with Crippen molar-refractivity contribution in [3.8, 4) is 0 Å². The zero-order chi connectivity index (χ0) is 16.4. The van der Waals surface area contributed by atoms with Gasteiger partial charge in [-0.25, -0.2) is 0 Å². The number of hydrogen-bond donors (Lipinski definition) is 2. The summed E-state index contributed by atoms with van der Waals surface area (Å²) in [4.78, 5) is 16.2. The fourth-order valence-corrected chi connectivity index (χ4v) is 4.51. The molecule has 23 heavy (non-hydrogen) atoms. The SMILES string of the molecule is CCNc1nnc(S[C@@H](C)C(=O)c2c(C)[nH]c3ccccc23)s1. The highest BCUT2D eigenvalue weighted by Crippen LogP contribution is 2.32. The van der Waals surface area contributed by atoms with Crippen LogP contribution in [-0.4, -0.2) is 32.8 Å². The zero-order valence-electron chi connectivity index (χ0n) is 13.2. The Bertz CT molecular complexity index is 840. The molecule has 0 saturated carbocycles. The number of carbonyl (C=O) groups is 1. The van der Waals surface area contributed by atoms with Crippen molar-refractivity contribution in [2.45, 2.75) is 30.4 Å². The van der Waals surface area contributed by atoms with Gasteiger partial charge in [0.1, 0.15) is 0 Å². The molecule has 3 aromatic rings. The van der Waals surface area contributed by atoms with Crippen LogP contribution in [0.15, 0.2) is 28.6 Å². The molecule has 0 bridgehead atoms. The molecule has 0 aliphatic rings. The number of aromatic nitrogens is 3. The van der Waals surface area contributed by atoms with Gasteiger partial charge >= 0.3 is 0 Å². The van der Waals surface area contributed by atoms with Crippen LogP contribution in [0, 0.1) is 6.92 Å². The number of aromatic amines is 1. The second-order valence-corrected chi connectivity index (χ2v) is 7.76. The number of nitrogens with one attached hydrogen (secondary N) is 2. The third kappa shape index (κ3) is 3.25. The first-order valence-electron chi connectivity index (χ1n) is 7.45. The Morgan fingerprint density at radius 2 is 2.17 bits per heavy atom. The smallest absolute Gasteiger partial charge is 0.206 e. The van der Waals surface area contributed by atoms with Gasteiger partial charge in [-0.1, -0.05) is 41.3 Å². The van der Waals surface area contributed by atoms with Crippen molar-refractivity contribution >= 4 is 44.9 Å². The first kappa shape index (κ1) is 16.0. The van der Waals surface area contributed by atoms with E-state index in [1.807, 2.05) is 45.0 Å². The average molecular weight is 346 g/mol. The Kier molecular flexibility index (Phi) is 4.68. The van der Waals surface area contributed by atoms with E-state index in [1.54, 1.807) is 0 Å². The number of aryl methyl sites for hydroxylation is 1. The number of nitrogens with zero attached hydrogens (tertiary/aromatic N) is 2. The molecule has 5 nitrogen and oxygen atoms in total. The quantitative estimate of drug-likeness (QED) is 0.519. The molecule has 0 fully saturated rings. The summed E-state index contributed by atoms with van der Waals surface area (Å²) in [5.74, 6) is 0.116. The molecule has 120 valence electrons. The Labute approximate surface area is 142 Å². The number of benzene rings is 1. The van der Waals surface area contributed by atoms with Crippen LogP contribution in [-0.2, 0) is 0 Å². The van der Waals surface area contributed by atoms with Gasteiger partial charge < -0.3 is 10.3 Å². The summed E-state index contributed by atoms with van der Waals surface area (Å²) in [7, 11) is 0. The van der Waals surface area contributed by atoms with Crippen molar-refractivity contribution < 1.29 is 4.79 Å². The van der Waals surface area contributed by atoms with E-state index < -0.39 is 0 Å². The van der Waals surface area contributed by atoms with Crippen molar-refractivity contribution in [3.63, 3.8) is 0 Å². The maximum atomic E-state index is 12.9. The van der Waals surface area contributed by atoms with E-state index in [0.29, 0.717) is 0 Å². The Balaban J connectivity index is 1.82. The molecule has 0 aliphatic carbocycles. The lowest BCUT2D eigenvalue weighted by Crippen LogP contribution is -2.14. The van der Waals surface area contributed by atoms with Crippen molar-refractivity contribution in [2.24, 2.45) is 0 Å². The summed E-state index contributed by atoms with van der Waals surface area (Å²) in [6, 6.07) is 7.90. The van der Waals surface area contributed by atoms with Crippen molar-refractivity contribution in [2.75, 3.05) is 11.9 Å². The summed E-state index contributed by atoms with van der Waals surface area (Å²) < 4.78 is 0.805. The molecular weight excluding hydrogens is 328 g/mol. The first-order chi connectivity index (χ1) is 11.1. The molecule has 3 rings (SSSR count). The van der Waals surface area contributed by atoms with E-state index in [2.05, 4.69) is 20.5 Å². The van der Waals surface area contributed by atoms with Gasteiger partial charge in [0.15, 0.2) is 10.1 Å². The number of anilines is 1. The number of thioether (sulfide) groups is 1. The average Bonchev–Trinajstić information content (AvgIpc) is 3.10. The van der Waals surface area contributed by atoms with E-state index >= 15 is 0 Å². The van der Waals surface area contributed by atoms with Gasteiger partial charge in [-0.3, -0.25) is 4.79 Å². The Hall–Kier alpha value is -1.86. The van der Waals surface area contributed by atoms with E-state index in [4.69, 9.17) is 0 Å². The predicted molar refractivity (Wildman–Crippen MR) is 96.8 cm³/mol. The number of hydrogen-bond acceptors (Lipinski definition) is 6. The van der Waals surface area contributed by atoms with Crippen LogP contribution < -0.4 is 5.32 Å². The molecule has 0 saturated heterocycles. The molecule has 2 aromatic heterocycles. The summed E-state index contributed by atoms with van der Waals surface area (Å²) >= 11 is 2.93. The van der Waals surface area contributed by atoms with Crippen LogP contribution in [0.25, 0.3) is 10.9 Å². The van der Waals surface area contributed by atoms with Crippen LogP contribution in [0.4, 0.5) is 5.13 Å². The zero-order valence-corrected chi connectivity index (χ0v) is 14.8. The maximum absolute atomic E-state index is 12.9. The Morgan fingerprint density at radius 1 is 1.39 bits per heavy atom. The highest BCUT2D eigenvalue weighted by molar-refractivity contribution is 8.02. The van der Waals surface area contributed by atoms with Crippen LogP contribution >= 0.6 is 23.1 Å². The number of rotatable bonds is 6. The topological polar surface area (TPSA) is 70.7 Å². The highest BCUT2D eigenvalue weighted by atomic mass is 32.2. The van der Waals surface area contributed by atoms with Gasteiger partial charge in [-0.15, -0.1) is 10.2 Å². The fourth-order valence-electron chi connectivity index (χ4n) is 2.48. The number of ketones is 1. The van der Waals surface area contributed by atoms with Gasteiger partial charge in [-0.2, -0.15) is 0 Å². The molecule has 0 aliphatic heterocycles. The minimum atomic E-state index is -0.213. The van der Waals surface area contributed by atoms with Crippen LogP contribution in [0.5, 0.6) is 0 Å². The van der Waals surface area contributed by atoms with E-state index in [-0.39, 0.29) is 11.0 Å². The fraction of sp³-hybridized carbons (Fsp3) is 0.312. The number of Topliss-reactive ketones (excluding diaryl/α,β-unsaturated/α-hetero) is 1. The van der Waals surface area contributed by atoms with Gasteiger partial charge in [-0.05, 0) is 26.8 Å². The van der Waals surface area contributed by atoms with Crippen molar-refractivity contribution in [1.82, 2.24) is 15.2 Å². The molecule has 7 heteroatoms. The highest BCUT2D eigenvalue weighted by Gasteiger charge is 2.23.